The minimum absolute atomic E-state index is 0.940. The van der Waals surface area contributed by atoms with E-state index in [9.17, 15) is 0 Å². The zero-order valence-corrected chi connectivity index (χ0v) is 11.1. The van der Waals surface area contributed by atoms with Gasteiger partial charge in [0.05, 0.1) is 13.2 Å². The molecule has 0 atom stereocenters. The molecule has 1 heterocycles. The summed E-state index contributed by atoms with van der Waals surface area (Å²) < 4.78 is 5.32. The predicted octanol–water partition coefficient (Wildman–Crippen LogP) is 2.29. The van der Waals surface area contributed by atoms with Crippen LogP contribution in [0.3, 0.4) is 0 Å². The van der Waals surface area contributed by atoms with Crippen LogP contribution in [0.1, 0.15) is 45.4 Å². The zero-order valence-electron chi connectivity index (χ0n) is 11.1. The lowest BCUT2D eigenvalue weighted by Gasteiger charge is -2.26. The number of aliphatic hydroxyl groups excluding tert-OH is 1. The van der Waals surface area contributed by atoms with Gasteiger partial charge in [0.25, 0.3) is 0 Å². The van der Waals surface area contributed by atoms with E-state index in [4.69, 9.17) is 9.84 Å². The number of morpholine rings is 1. The molecule has 1 aliphatic heterocycles. The van der Waals surface area contributed by atoms with Crippen LogP contribution >= 0.6 is 0 Å². The van der Waals surface area contributed by atoms with Crippen LogP contribution in [0.5, 0.6) is 0 Å². The molecule has 1 saturated heterocycles. The number of nitrogens with zero attached hydrogens (tertiary/aromatic N) is 1. The maximum Gasteiger partial charge on any atom is 0.0594 e. The summed E-state index contributed by atoms with van der Waals surface area (Å²) in [5.74, 6) is 0. The van der Waals surface area contributed by atoms with Gasteiger partial charge in [0.2, 0.25) is 0 Å². The first-order valence-electron chi connectivity index (χ1n) is 6.68. The van der Waals surface area contributed by atoms with Crippen LogP contribution < -0.4 is 0 Å². The largest absolute Gasteiger partial charge is 0.400 e. The van der Waals surface area contributed by atoms with Crippen LogP contribution in [0.25, 0.3) is 0 Å². The smallest absolute Gasteiger partial charge is 0.0594 e. The Labute approximate surface area is 101 Å². The topological polar surface area (TPSA) is 32.7 Å². The average molecular weight is 231 g/mol. The van der Waals surface area contributed by atoms with Crippen molar-refractivity contribution >= 4 is 0 Å². The summed E-state index contributed by atoms with van der Waals surface area (Å²) in [4.78, 5) is 2.53. The molecule has 98 valence electrons. The van der Waals surface area contributed by atoms with Crippen molar-refractivity contribution in [3.8, 4) is 0 Å². The second-order valence-corrected chi connectivity index (χ2v) is 4.22. The Kier molecular flexibility index (Phi) is 12.9. The fourth-order valence-corrected chi connectivity index (χ4v) is 1.94. The third-order valence-electron chi connectivity index (χ3n) is 2.93. The number of ether oxygens (including phenoxy) is 1. The Balaban J connectivity index is 0.00000106. The SMILES string of the molecule is CCCCCCCCN1CCOCC1.CO. The summed E-state index contributed by atoms with van der Waals surface area (Å²) in [5, 5.41) is 7.00. The van der Waals surface area contributed by atoms with Crippen LogP contribution in [0.4, 0.5) is 0 Å². The van der Waals surface area contributed by atoms with Crippen LogP contribution in [-0.4, -0.2) is 50.0 Å². The fourth-order valence-electron chi connectivity index (χ4n) is 1.94. The van der Waals surface area contributed by atoms with Crippen molar-refractivity contribution in [2.75, 3.05) is 40.0 Å². The lowest BCUT2D eigenvalue weighted by molar-refractivity contribution is 0.0371. The van der Waals surface area contributed by atoms with E-state index in [2.05, 4.69) is 11.8 Å². The Hall–Kier alpha value is -0.120. The van der Waals surface area contributed by atoms with Crippen molar-refractivity contribution in [3.63, 3.8) is 0 Å². The first-order valence-corrected chi connectivity index (χ1v) is 6.68. The fraction of sp³-hybridized carbons (Fsp3) is 1.00. The molecule has 3 nitrogen and oxygen atoms in total. The minimum Gasteiger partial charge on any atom is -0.400 e. The van der Waals surface area contributed by atoms with E-state index in [-0.39, 0.29) is 0 Å². The third-order valence-corrected chi connectivity index (χ3v) is 2.93. The molecule has 0 saturated carbocycles. The predicted molar refractivity (Wildman–Crippen MR) is 68.8 cm³/mol. The van der Waals surface area contributed by atoms with Crippen molar-refractivity contribution in [2.24, 2.45) is 0 Å². The van der Waals surface area contributed by atoms with Gasteiger partial charge in [-0.25, -0.2) is 0 Å². The van der Waals surface area contributed by atoms with Gasteiger partial charge in [-0.15, -0.1) is 0 Å². The van der Waals surface area contributed by atoms with E-state index in [0.29, 0.717) is 0 Å². The van der Waals surface area contributed by atoms with Crippen LogP contribution in [-0.2, 0) is 4.74 Å². The summed E-state index contributed by atoms with van der Waals surface area (Å²) >= 11 is 0. The van der Waals surface area contributed by atoms with Gasteiger partial charge in [-0.1, -0.05) is 39.0 Å². The maximum atomic E-state index is 7.00. The van der Waals surface area contributed by atoms with Crippen molar-refractivity contribution in [1.82, 2.24) is 4.90 Å². The highest BCUT2D eigenvalue weighted by Gasteiger charge is 2.08. The number of hydrogen-bond acceptors (Lipinski definition) is 3. The van der Waals surface area contributed by atoms with Gasteiger partial charge in [0.15, 0.2) is 0 Å². The normalized spacial score (nSPS) is 16.7. The monoisotopic (exact) mass is 231 g/mol. The molecule has 3 heteroatoms. The van der Waals surface area contributed by atoms with E-state index in [1.807, 2.05) is 0 Å². The highest BCUT2D eigenvalue weighted by molar-refractivity contribution is 4.61. The van der Waals surface area contributed by atoms with Gasteiger partial charge in [-0.3, -0.25) is 4.90 Å². The number of aliphatic hydroxyl groups is 1. The molecule has 0 aromatic rings. The molecule has 0 aromatic carbocycles. The van der Waals surface area contributed by atoms with Crippen LogP contribution in [0.2, 0.25) is 0 Å². The summed E-state index contributed by atoms with van der Waals surface area (Å²) in [5.41, 5.74) is 0. The average Bonchev–Trinajstić information content (AvgIpc) is 2.37. The van der Waals surface area contributed by atoms with E-state index >= 15 is 0 Å². The van der Waals surface area contributed by atoms with Gasteiger partial charge in [0, 0.05) is 20.2 Å². The number of hydrogen-bond donors (Lipinski definition) is 1. The molecule has 1 fully saturated rings. The zero-order chi connectivity index (χ0) is 12.1. The van der Waals surface area contributed by atoms with E-state index in [0.717, 1.165) is 33.4 Å². The van der Waals surface area contributed by atoms with Gasteiger partial charge in [-0.2, -0.15) is 0 Å². The van der Waals surface area contributed by atoms with Crippen molar-refractivity contribution in [2.45, 2.75) is 45.4 Å². The second kappa shape index (κ2) is 12.9. The highest BCUT2D eigenvalue weighted by atomic mass is 16.5. The van der Waals surface area contributed by atoms with Gasteiger partial charge < -0.3 is 9.84 Å². The summed E-state index contributed by atoms with van der Waals surface area (Å²) in [7, 11) is 1.00. The highest BCUT2D eigenvalue weighted by Crippen LogP contribution is 2.06. The first-order chi connectivity index (χ1) is 7.93. The molecule has 0 bridgehead atoms. The molecular weight excluding hydrogens is 202 g/mol. The molecule has 16 heavy (non-hydrogen) atoms. The molecule has 0 radical (unpaired) electrons. The van der Waals surface area contributed by atoms with Gasteiger partial charge in [0.1, 0.15) is 0 Å². The van der Waals surface area contributed by atoms with Gasteiger partial charge >= 0.3 is 0 Å². The van der Waals surface area contributed by atoms with Crippen molar-refractivity contribution in [3.05, 3.63) is 0 Å². The van der Waals surface area contributed by atoms with Crippen molar-refractivity contribution in [1.29, 1.82) is 0 Å². The standard InChI is InChI=1S/C12H25NO.CH4O/c1-2-3-4-5-6-7-8-13-9-11-14-12-10-13;1-2/h2-12H2,1H3;2H,1H3. The van der Waals surface area contributed by atoms with E-state index in [1.165, 1.54) is 45.1 Å². The van der Waals surface area contributed by atoms with Crippen LogP contribution in [0, 0.1) is 0 Å². The maximum absolute atomic E-state index is 7.00. The molecule has 1 rings (SSSR count). The minimum atomic E-state index is 0.940. The van der Waals surface area contributed by atoms with Gasteiger partial charge in [-0.05, 0) is 13.0 Å². The Morgan fingerprint density at radius 2 is 1.50 bits per heavy atom. The Morgan fingerprint density at radius 3 is 2.12 bits per heavy atom. The first kappa shape index (κ1) is 15.9. The summed E-state index contributed by atoms with van der Waals surface area (Å²) in [6, 6.07) is 0. The summed E-state index contributed by atoms with van der Waals surface area (Å²) in [6.45, 7) is 7.73. The number of rotatable bonds is 7. The van der Waals surface area contributed by atoms with Crippen LogP contribution in [0.15, 0.2) is 0 Å². The lowest BCUT2D eigenvalue weighted by atomic mass is 10.1. The molecule has 0 unspecified atom stereocenters. The van der Waals surface area contributed by atoms with Crippen molar-refractivity contribution < 1.29 is 9.84 Å². The molecule has 0 aliphatic carbocycles. The molecular formula is C13H29NO2. The lowest BCUT2D eigenvalue weighted by Crippen LogP contribution is -2.36. The molecule has 0 spiro atoms. The molecule has 1 N–H and O–H groups in total. The Morgan fingerprint density at radius 1 is 0.938 bits per heavy atom. The molecule has 0 amide bonds. The van der Waals surface area contributed by atoms with E-state index in [1.54, 1.807) is 0 Å². The second-order valence-electron chi connectivity index (χ2n) is 4.22. The summed E-state index contributed by atoms with van der Waals surface area (Å²) in [6.07, 6.45) is 8.42. The quantitative estimate of drug-likeness (QED) is 0.682. The molecule has 0 aromatic heterocycles. The Bertz CT molecular complexity index is 125. The third kappa shape index (κ3) is 9.13. The number of unbranched alkanes of at least 4 members (excludes halogenated alkanes) is 5. The van der Waals surface area contributed by atoms with E-state index < -0.39 is 0 Å². The molecule has 1 aliphatic rings.